The van der Waals surface area contributed by atoms with Gasteiger partial charge in [0.05, 0.1) is 36.3 Å². The number of fused-ring (bicyclic) bond motifs is 1. The van der Waals surface area contributed by atoms with Crippen LogP contribution in [0.2, 0.25) is 5.15 Å². The Bertz CT molecular complexity index is 999. The first kappa shape index (κ1) is 23.1. The van der Waals surface area contributed by atoms with Gasteiger partial charge in [-0.2, -0.15) is 5.26 Å². The van der Waals surface area contributed by atoms with Crippen LogP contribution in [0.15, 0.2) is 6.20 Å². The summed E-state index contributed by atoms with van der Waals surface area (Å²) in [7, 11) is -3.47. The van der Waals surface area contributed by atoms with Crippen LogP contribution in [0.3, 0.4) is 0 Å². The highest BCUT2D eigenvalue weighted by atomic mass is 35.5. The summed E-state index contributed by atoms with van der Waals surface area (Å²) in [6.07, 6.45) is -1.90. The summed E-state index contributed by atoms with van der Waals surface area (Å²) in [5.74, 6) is 0.409. The lowest BCUT2D eigenvalue weighted by atomic mass is 10.2. The summed E-state index contributed by atoms with van der Waals surface area (Å²) >= 11 is 6.21. The van der Waals surface area contributed by atoms with E-state index in [1.54, 1.807) is 25.3 Å². The summed E-state index contributed by atoms with van der Waals surface area (Å²) in [4.78, 5) is 8.45. The molecule has 1 fully saturated rings. The molecule has 2 N–H and O–H groups in total. The van der Waals surface area contributed by atoms with E-state index in [-0.39, 0.29) is 36.7 Å². The Kier molecular flexibility index (Phi) is 7.15. The average Bonchev–Trinajstić information content (AvgIpc) is 3.19. The Morgan fingerprint density at radius 3 is 2.57 bits per heavy atom. The fourth-order valence-electron chi connectivity index (χ4n) is 3.65. The molecule has 0 aromatic carbocycles. The van der Waals surface area contributed by atoms with Crippen molar-refractivity contribution in [3.63, 3.8) is 0 Å². The van der Waals surface area contributed by atoms with Gasteiger partial charge in [0.2, 0.25) is 0 Å². The first-order valence-electron chi connectivity index (χ1n) is 9.55. The third-order valence-electron chi connectivity index (χ3n) is 4.91. The van der Waals surface area contributed by atoms with Crippen molar-refractivity contribution >= 4 is 30.2 Å². The zero-order chi connectivity index (χ0) is 22.1. The molecule has 2 aromatic rings. The number of aliphatic hydroxyl groups is 2. The second-order valence-corrected chi connectivity index (χ2v) is 9.24. The largest absolute Gasteiger partial charge is 0.388 e. The van der Waals surface area contributed by atoms with E-state index < -0.39 is 31.9 Å². The molecule has 0 aliphatic heterocycles. The second kappa shape index (κ2) is 9.28. The van der Waals surface area contributed by atoms with Crippen molar-refractivity contribution in [2.24, 2.45) is 0 Å². The highest BCUT2D eigenvalue weighted by molar-refractivity contribution is 7.53. The van der Waals surface area contributed by atoms with Gasteiger partial charge in [0.1, 0.15) is 41.2 Å². The van der Waals surface area contributed by atoms with Crippen LogP contribution in [0, 0.1) is 18.3 Å². The standard InChI is InChI=1S/C18H24ClN4O6P/c1-4-28-30(26,29-5-2)9-27-13-6-12(15(24)16(13)25)23-8-11(7-20)14-17(19)21-10(3)22-18(14)23/h8,12-13,15-16,24-25H,4-6,9H2,1-3H3/t12-,13+,15+,16-/m1/s1. The number of nitriles is 1. The number of aromatic nitrogens is 3. The van der Waals surface area contributed by atoms with Gasteiger partial charge in [-0.3, -0.25) is 4.57 Å². The van der Waals surface area contributed by atoms with Crippen LogP contribution < -0.4 is 0 Å². The lowest BCUT2D eigenvalue weighted by Crippen LogP contribution is -2.33. The van der Waals surface area contributed by atoms with Gasteiger partial charge in [0.15, 0.2) is 0 Å². The number of ether oxygens (including phenoxy) is 1. The van der Waals surface area contributed by atoms with Gasteiger partial charge in [-0.05, 0) is 27.2 Å². The number of nitrogens with zero attached hydrogens (tertiary/aromatic N) is 4. The molecule has 2 aromatic heterocycles. The maximum atomic E-state index is 12.6. The van der Waals surface area contributed by atoms with Crippen LogP contribution in [-0.4, -0.2) is 62.6 Å². The SMILES string of the molecule is CCOP(=O)(CO[C@H]1C[C@@H](n2cc(C#N)c3c(Cl)nc(C)nc32)[C@H](O)[C@@H]1O)OCC. The van der Waals surface area contributed by atoms with E-state index in [4.69, 9.17) is 25.4 Å². The van der Waals surface area contributed by atoms with Crippen molar-refractivity contribution < 1.29 is 28.6 Å². The third-order valence-corrected chi connectivity index (χ3v) is 6.96. The number of hydrogen-bond donors (Lipinski definition) is 2. The van der Waals surface area contributed by atoms with Crippen molar-refractivity contribution in [2.75, 3.05) is 19.6 Å². The average molecular weight is 459 g/mol. The van der Waals surface area contributed by atoms with Gasteiger partial charge < -0.3 is 28.6 Å². The van der Waals surface area contributed by atoms with Gasteiger partial charge in [0.25, 0.3) is 0 Å². The number of aryl methyl sites for hydroxylation is 1. The molecule has 1 aliphatic rings. The Morgan fingerprint density at radius 2 is 1.97 bits per heavy atom. The smallest absolute Gasteiger partial charge is 0.356 e. The Morgan fingerprint density at radius 1 is 1.30 bits per heavy atom. The summed E-state index contributed by atoms with van der Waals surface area (Å²) < 4.78 is 30.3. The molecule has 0 spiro atoms. The molecule has 1 aliphatic carbocycles. The fourth-order valence-corrected chi connectivity index (χ4v) is 5.34. The molecule has 1 saturated carbocycles. The monoisotopic (exact) mass is 458 g/mol. The van der Waals surface area contributed by atoms with Crippen molar-refractivity contribution in [1.82, 2.24) is 14.5 Å². The second-order valence-electron chi connectivity index (χ2n) is 6.89. The molecule has 2 heterocycles. The molecular formula is C18H24ClN4O6P. The summed E-state index contributed by atoms with van der Waals surface area (Å²) in [5, 5.41) is 31.1. The molecular weight excluding hydrogens is 435 g/mol. The number of halogens is 1. The van der Waals surface area contributed by atoms with Crippen molar-refractivity contribution in [3.8, 4) is 6.07 Å². The first-order valence-corrected chi connectivity index (χ1v) is 11.7. The van der Waals surface area contributed by atoms with E-state index in [2.05, 4.69) is 16.0 Å². The minimum absolute atomic E-state index is 0.142. The highest BCUT2D eigenvalue weighted by Crippen LogP contribution is 2.49. The van der Waals surface area contributed by atoms with Gasteiger partial charge in [-0.1, -0.05) is 11.6 Å². The molecule has 0 amide bonds. The quantitative estimate of drug-likeness (QED) is 0.451. The van der Waals surface area contributed by atoms with Crippen LogP contribution in [0.1, 0.15) is 37.7 Å². The van der Waals surface area contributed by atoms with Gasteiger partial charge >= 0.3 is 7.60 Å². The minimum Gasteiger partial charge on any atom is -0.388 e. The summed E-state index contributed by atoms with van der Waals surface area (Å²) in [6, 6.07) is 1.41. The van der Waals surface area contributed by atoms with Gasteiger partial charge in [-0.25, -0.2) is 9.97 Å². The highest BCUT2D eigenvalue weighted by Gasteiger charge is 2.45. The molecule has 3 rings (SSSR count). The topological polar surface area (TPSA) is 140 Å². The lowest BCUT2D eigenvalue weighted by Gasteiger charge is -2.21. The predicted octanol–water partition coefficient (Wildman–Crippen LogP) is 2.54. The van der Waals surface area contributed by atoms with Crippen molar-refractivity contribution in [1.29, 1.82) is 5.26 Å². The van der Waals surface area contributed by atoms with Crippen LogP contribution in [0.25, 0.3) is 11.0 Å². The predicted molar refractivity (Wildman–Crippen MR) is 108 cm³/mol. The van der Waals surface area contributed by atoms with E-state index in [9.17, 15) is 20.0 Å². The number of hydrogen-bond acceptors (Lipinski definition) is 9. The van der Waals surface area contributed by atoms with Crippen LogP contribution in [0.4, 0.5) is 0 Å². The van der Waals surface area contributed by atoms with Crippen LogP contribution in [-0.2, 0) is 18.3 Å². The third kappa shape index (κ3) is 4.39. The van der Waals surface area contributed by atoms with Crippen molar-refractivity contribution in [2.45, 2.75) is 51.5 Å². The zero-order valence-electron chi connectivity index (χ0n) is 16.9. The lowest BCUT2D eigenvalue weighted by molar-refractivity contribution is -0.0490. The minimum atomic E-state index is -3.47. The van der Waals surface area contributed by atoms with Crippen LogP contribution >= 0.6 is 19.2 Å². The summed E-state index contributed by atoms with van der Waals surface area (Å²) in [6.45, 7) is 5.42. The maximum Gasteiger partial charge on any atom is 0.356 e. The van der Waals surface area contributed by atoms with E-state index >= 15 is 0 Å². The zero-order valence-corrected chi connectivity index (χ0v) is 18.5. The van der Waals surface area contributed by atoms with Crippen molar-refractivity contribution in [3.05, 3.63) is 22.7 Å². The molecule has 0 unspecified atom stereocenters. The van der Waals surface area contributed by atoms with Gasteiger partial charge in [0, 0.05) is 6.20 Å². The molecule has 30 heavy (non-hydrogen) atoms. The Hall–Kier alpha value is -1.57. The molecule has 10 nitrogen and oxygen atoms in total. The van der Waals surface area contributed by atoms with E-state index in [1.807, 2.05) is 0 Å². The Balaban J connectivity index is 1.87. The van der Waals surface area contributed by atoms with E-state index in [0.717, 1.165) is 0 Å². The molecule has 0 radical (unpaired) electrons. The normalized spacial score (nSPS) is 24.4. The Labute approximate surface area is 178 Å². The molecule has 12 heteroatoms. The van der Waals surface area contributed by atoms with E-state index in [1.165, 1.54) is 6.20 Å². The molecule has 4 atom stereocenters. The molecule has 0 bridgehead atoms. The fraction of sp³-hybridized carbons (Fsp3) is 0.611. The van der Waals surface area contributed by atoms with E-state index in [0.29, 0.717) is 16.9 Å². The summed E-state index contributed by atoms with van der Waals surface area (Å²) in [5.41, 5.74) is 0.647. The number of aliphatic hydroxyl groups excluding tert-OH is 2. The first-order chi connectivity index (χ1) is 14.2. The maximum absolute atomic E-state index is 12.6. The number of rotatable bonds is 8. The molecule has 164 valence electrons. The van der Waals surface area contributed by atoms with Gasteiger partial charge in [-0.15, -0.1) is 0 Å². The molecule has 0 saturated heterocycles. The van der Waals surface area contributed by atoms with Crippen LogP contribution in [0.5, 0.6) is 0 Å².